The normalized spacial score (nSPS) is 10.3. The number of anilines is 1. The number of nitrogen functional groups attached to an aromatic ring is 1. The van der Waals surface area contributed by atoms with Crippen molar-refractivity contribution in [1.29, 1.82) is 0 Å². The number of nitrogens with two attached hydrogens (primary N) is 1. The van der Waals surface area contributed by atoms with Crippen molar-refractivity contribution in [3.63, 3.8) is 0 Å². The number of nitrogens with zero attached hydrogens (tertiary/aromatic N) is 1. The highest BCUT2D eigenvalue weighted by Crippen LogP contribution is 2.42. The zero-order valence-corrected chi connectivity index (χ0v) is 12.4. The van der Waals surface area contributed by atoms with Gasteiger partial charge in [-0.15, -0.1) is 0 Å². The third-order valence-electron chi connectivity index (χ3n) is 2.69. The summed E-state index contributed by atoms with van der Waals surface area (Å²) in [7, 11) is 4.69. The van der Waals surface area contributed by atoms with Crippen LogP contribution in [0.4, 0.5) is 5.82 Å². The molecule has 0 aliphatic carbocycles. The van der Waals surface area contributed by atoms with Gasteiger partial charge in [-0.05, 0) is 28.1 Å². The standard InChI is InChI=1S/C12H14BrN3O3/c1-17-7-4-6(5-8(18-2)11(7)19-3)10-9(13)12(14)16-15-10/h4-5H,1-3H3,(H3,14,15,16). The Morgan fingerprint density at radius 3 is 2.05 bits per heavy atom. The molecule has 1 aromatic carbocycles. The number of ether oxygens (including phenoxy) is 3. The van der Waals surface area contributed by atoms with E-state index in [9.17, 15) is 0 Å². The number of methoxy groups -OCH3 is 3. The molecule has 0 atom stereocenters. The molecule has 0 radical (unpaired) electrons. The van der Waals surface area contributed by atoms with Gasteiger partial charge in [0.25, 0.3) is 0 Å². The van der Waals surface area contributed by atoms with Crippen molar-refractivity contribution < 1.29 is 14.2 Å². The first-order valence-electron chi connectivity index (χ1n) is 5.42. The number of halogens is 1. The third-order valence-corrected chi connectivity index (χ3v) is 3.49. The second-order valence-corrected chi connectivity index (χ2v) is 4.50. The van der Waals surface area contributed by atoms with Crippen molar-refractivity contribution in [3.8, 4) is 28.5 Å². The van der Waals surface area contributed by atoms with Gasteiger partial charge in [-0.3, -0.25) is 5.10 Å². The zero-order valence-electron chi connectivity index (χ0n) is 10.8. The van der Waals surface area contributed by atoms with Crippen LogP contribution in [-0.2, 0) is 0 Å². The molecule has 0 amide bonds. The van der Waals surface area contributed by atoms with Gasteiger partial charge in [-0.2, -0.15) is 5.10 Å². The Labute approximate surface area is 119 Å². The molecule has 0 unspecified atom stereocenters. The first-order chi connectivity index (χ1) is 9.12. The number of aromatic nitrogens is 2. The minimum absolute atomic E-state index is 0.392. The van der Waals surface area contributed by atoms with Crippen LogP contribution < -0.4 is 19.9 Å². The smallest absolute Gasteiger partial charge is 0.203 e. The Morgan fingerprint density at radius 1 is 1.11 bits per heavy atom. The van der Waals surface area contributed by atoms with E-state index < -0.39 is 0 Å². The van der Waals surface area contributed by atoms with Crippen molar-refractivity contribution in [2.24, 2.45) is 0 Å². The van der Waals surface area contributed by atoms with Gasteiger partial charge in [-0.1, -0.05) is 0 Å². The second-order valence-electron chi connectivity index (χ2n) is 3.71. The lowest BCUT2D eigenvalue weighted by molar-refractivity contribution is 0.324. The number of benzene rings is 1. The van der Waals surface area contributed by atoms with Gasteiger partial charge in [0.15, 0.2) is 17.3 Å². The SMILES string of the molecule is COc1cc(-c2[nH]nc(N)c2Br)cc(OC)c1OC. The van der Waals surface area contributed by atoms with Crippen LogP contribution in [0.25, 0.3) is 11.3 Å². The molecule has 0 bridgehead atoms. The van der Waals surface area contributed by atoms with E-state index in [0.717, 1.165) is 11.3 Å². The van der Waals surface area contributed by atoms with E-state index in [1.807, 2.05) is 12.1 Å². The largest absolute Gasteiger partial charge is 0.493 e. The summed E-state index contributed by atoms with van der Waals surface area (Å²) in [4.78, 5) is 0. The molecule has 0 aliphatic rings. The molecule has 102 valence electrons. The first-order valence-corrected chi connectivity index (χ1v) is 6.21. The van der Waals surface area contributed by atoms with Crippen molar-refractivity contribution in [3.05, 3.63) is 16.6 Å². The maximum absolute atomic E-state index is 5.70. The maximum Gasteiger partial charge on any atom is 0.203 e. The van der Waals surface area contributed by atoms with E-state index in [1.54, 1.807) is 21.3 Å². The van der Waals surface area contributed by atoms with Gasteiger partial charge in [0.2, 0.25) is 5.75 Å². The Hall–Kier alpha value is -1.89. The summed E-state index contributed by atoms with van der Waals surface area (Å²) in [6, 6.07) is 3.64. The van der Waals surface area contributed by atoms with E-state index >= 15 is 0 Å². The lowest BCUT2D eigenvalue weighted by atomic mass is 10.1. The fourth-order valence-electron chi connectivity index (χ4n) is 1.76. The Balaban J connectivity index is 2.62. The molecule has 6 nitrogen and oxygen atoms in total. The highest BCUT2D eigenvalue weighted by molar-refractivity contribution is 9.10. The zero-order chi connectivity index (χ0) is 14.0. The Bertz CT molecular complexity index is 573. The van der Waals surface area contributed by atoms with Crippen molar-refractivity contribution in [2.75, 3.05) is 27.1 Å². The number of rotatable bonds is 4. The summed E-state index contributed by atoms with van der Waals surface area (Å²) in [5, 5.41) is 6.80. The molecule has 0 spiro atoms. The molecule has 0 aliphatic heterocycles. The van der Waals surface area contributed by atoms with Gasteiger partial charge in [-0.25, -0.2) is 0 Å². The number of hydrogen-bond acceptors (Lipinski definition) is 5. The highest BCUT2D eigenvalue weighted by atomic mass is 79.9. The summed E-state index contributed by atoms with van der Waals surface area (Å²) in [5.41, 5.74) is 7.27. The monoisotopic (exact) mass is 327 g/mol. The van der Waals surface area contributed by atoms with Crippen LogP contribution in [0.5, 0.6) is 17.2 Å². The van der Waals surface area contributed by atoms with Crippen LogP contribution in [0.15, 0.2) is 16.6 Å². The minimum Gasteiger partial charge on any atom is -0.493 e. The van der Waals surface area contributed by atoms with Crippen LogP contribution in [0.2, 0.25) is 0 Å². The van der Waals surface area contributed by atoms with Gasteiger partial charge in [0.1, 0.15) is 0 Å². The lowest BCUT2D eigenvalue weighted by Gasteiger charge is -2.13. The average molecular weight is 328 g/mol. The van der Waals surface area contributed by atoms with E-state index in [0.29, 0.717) is 27.5 Å². The maximum atomic E-state index is 5.70. The number of H-pyrrole nitrogens is 1. The molecule has 0 saturated carbocycles. The Morgan fingerprint density at radius 2 is 1.68 bits per heavy atom. The van der Waals surface area contributed by atoms with E-state index in [4.69, 9.17) is 19.9 Å². The van der Waals surface area contributed by atoms with Gasteiger partial charge < -0.3 is 19.9 Å². The average Bonchev–Trinajstić information content (AvgIpc) is 2.77. The molecule has 3 N–H and O–H groups in total. The second kappa shape index (κ2) is 5.40. The van der Waals surface area contributed by atoms with Crippen LogP contribution in [0.3, 0.4) is 0 Å². The van der Waals surface area contributed by atoms with E-state index in [1.165, 1.54) is 0 Å². The molecule has 7 heteroatoms. The molecule has 0 fully saturated rings. The molecular formula is C12H14BrN3O3. The quantitative estimate of drug-likeness (QED) is 0.901. The minimum atomic E-state index is 0.392. The molecule has 1 heterocycles. The summed E-state index contributed by atoms with van der Waals surface area (Å²) < 4.78 is 16.6. The van der Waals surface area contributed by atoms with Crippen molar-refractivity contribution in [1.82, 2.24) is 10.2 Å². The summed E-state index contributed by atoms with van der Waals surface area (Å²) in [6.07, 6.45) is 0. The van der Waals surface area contributed by atoms with Crippen LogP contribution in [-0.4, -0.2) is 31.5 Å². The molecule has 19 heavy (non-hydrogen) atoms. The fraction of sp³-hybridized carbons (Fsp3) is 0.250. The third kappa shape index (κ3) is 2.33. The number of aromatic amines is 1. The lowest BCUT2D eigenvalue weighted by Crippen LogP contribution is -1.96. The highest BCUT2D eigenvalue weighted by Gasteiger charge is 2.17. The number of hydrogen-bond donors (Lipinski definition) is 2. The Kier molecular flexibility index (Phi) is 3.84. The van der Waals surface area contributed by atoms with E-state index in [-0.39, 0.29) is 0 Å². The summed E-state index contributed by atoms with van der Waals surface area (Å²) in [6.45, 7) is 0. The van der Waals surface area contributed by atoms with Crippen LogP contribution >= 0.6 is 15.9 Å². The predicted octanol–water partition coefficient (Wildman–Crippen LogP) is 2.45. The van der Waals surface area contributed by atoms with Crippen molar-refractivity contribution in [2.45, 2.75) is 0 Å². The molecule has 0 saturated heterocycles. The predicted molar refractivity (Wildman–Crippen MR) is 75.8 cm³/mol. The molecule has 1 aromatic heterocycles. The molecular weight excluding hydrogens is 314 g/mol. The number of nitrogens with one attached hydrogen (secondary N) is 1. The van der Waals surface area contributed by atoms with Crippen LogP contribution in [0.1, 0.15) is 0 Å². The van der Waals surface area contributed by atoms with Gasteiger partial charge in [0, 0.05) is 5.56 Å². The molecule has 2 rings (SSSR count). The van der Waals surface area contributed by atoms with Crippen molar-refractivity contribution >= 4 is 21.7 Å². The van der Waals surface area contributed by atoms with E-state index in [2.05, 4.69) is 26.1 Å². The van der Waals surface area contributed by atoms with Gasteiger partial charge in [0.05, 0.1) is 31.5 Å². The fourth-order valence-corrected chi connectivity index (χ4v) is 2.17. The summed E-state index contributed by atoms with van der Waals surface area (Å²) >= 11 is 3.38. The van der Waals surface area contributed by atoms with Gasteiger partial charge >= 0.3 is 0 Å². The first kappa shape index (κ1) is 13.5. The van der Waals surface area contributed by atoms with Crippen LogP contribution in [0, 0.1) is 0 Å². The summed E-state index contributed by atoms with van der Waals surface area (Å²) in [5.74, 6) is 2.06. The topological polar surface area (TPSA) is 82.4 Å². The molecule has 2 aromatic rings.